The van der Waals surface area contributed by atoms with Crippen LogP contribution >= 0.6 is 11.8 Å². The number of hydrogen-bond donors (Lipinski definition) is 1. The summed E-state index contributed by atoms with van der Waals surface area (Å²) in [6.45, 7) is 2.08. The Morgan fingerprint density at radius 1 is 1.53 bits per heavy atom. The number of nitrogen functional groups attached to an aromatic ring is 1. The van der Waals surface area contributed by atoms with Crippen LogP contribution in [0.1, 0.15) is 6.92 Å². The third kappa shape index (κ3) is 3.01. The van der Waals surface area contributed by atoms with Gasteiger partial charge >= 0.3 is 0 Å². The molecule has 0 radical (unpaired) electrons. The van der Waals surface area contributed by atoms with Crippen LogP contribution in [0.2, 0.25) is 0 Å². The maximum absolute atomic E-state index is 11.9. The normalized spacial score (nSPS) is 13.0. The van der Waals surface area contributed by atoms with E-state index in [0.717, 1.165) is 11.5 Å². The van der Waals surface area contributed by atoms with Gasteiger partial charge in [-0.3, -0.25) is 0 Å². The molecular weight excluding hydrogens is 256 g/mol. The molecule has 0 bridgehead atoms. The first-order valence-corrected chi connectivity index (χ1v) is 7.80. The second-order valence-electron chi connectivity index (χ2n) is 3.45. The predicted octanol–water partition coefficient (Wildman–Crippen LogP) is 2.27. The van der Waals surface area contributed by atoms with Crippen LogP contribution in [-0.4, -0.2) is 26.5 Å². The van der Waals surface area contributed by atoms with E-state index in [4.69, 9.17) is 10.2 Å². The smallest absolute Gasteiger partial charge is 0.287 e. The van der Waals surface area contributed by atoms with E-state index in [0.29, 0.717) is 27.8 Å². The highest BCUT2D eigenvalue weighted by molar-refractivity contribution is 8.00. The average molecular weight is 270 g/mol. The van der Waals surface area contributed by atoms with Crippen LogP contribution in [0.25, 0.3) is 11.1 Å². The number of nitrogens with two attached hydrogens (primary N) is 1. The van der Waals surface area contributed by atoms with E-state index in [-0.39, 0.29) is 0 Å². The number of fused-ring (bicyclic) bond motifs is 1. The molecule has 92 valence electrons. The van der Waals surface area contributed by atoms with Crippen LogP contribution in [0.15, 0.2) is 27.8 Å². The minimum Gasteiger partial charge on any atom is -0.430 e. The summed E-state index contributed by atoms with van der Waals surface area (Å²) < 4.78 is 17.3. The first-order valence-electron chi connectivity index (χ1n) is 5.33. The standard InChI is InChI=1S/C11H14N2O2S2/c1-2-16-5-6-17(14)11-13-9-7-8(12)3-4-10(9)15-11/h3-4,7H,2,5-6,12H2,1H3. The van der Waals surface area contributed by atoms with Crippen LogP contribution in [0.3, 0.4) is 0 Å². The molecular formula is C11H14N2O2S2. The second-order valence-corrected chi connectivity index (χ2v) is 6.30. The van der Waals surface area contributed by atoms with Crippen molar-refractivity contribution in [3.05, 3.63) is 18.2 Å². The molecule has 0 amide bonds. The molecule has 1 atom stereocenters. The monoisotopic (exact) mass is 270 g/mol. The molecule has 17 heavy (non-hydrogen) atoms. The van der Waals surface area contributed by atoms with Gasteiger partial charge in [-0.2, -0.15) is 11.8 Å². The van der Waals surface area contributed by atoms with Crippen molar-refractivity contribution in [1.29, 1.82) is 0 Å². The summed E-state index contributed by atoms with van der Waals surface area (Å²) >= 11 is 1.76. The van der Waals surface area contributed by atoms with Crippen molar-refractivity contribution in [3.8, 4) is 0 Å². The summed E-state index contributed by atoms with van der Waals surface area (Å²) in [5.74, 6) is 2.45. The number of nitrogens with zero attached hydrogens (tertiary/aromatic N) is 1. The highest BCUT2D eigenvalue weighted by Gasteiger charge is 2.12. The molecule has 2 aromatic rings. The van der Waals surface area contributed by atoms with Crippen LogP contribution < -0.4 is 5.73 Å². The number of oxazole rings is 1. The lowest BCUT2D eigenvalue weighted by molar-refractivity contribution is 0.478. The van der Waals surface area contributed by atoms with Gasteiger partial charge in [-0.25, -0.2) is 9.19 Å². The number of rotatable bonds is 5. The third-order valence-electron chi connectivity index (χ3n) is 2.20. The lowest BCUT2D eigenvalue weighted by atomic mass is 10.3. The van der Waals surface area contributed by atoms with Crippen LogP contribution in [0.4, 0.5) is 5.69 Å². The third-order valence-corrected chi connectivity index (χ3v) is 4.50. The molecule has 0 fully saturated rings. The maximum atomic E-state index is 11.9. The van der Waals surface area contributed by atoms with Crippen molar-refractivity contribution in [1.82, 2.24) is 4.98 Å². The number of thioether (sulfide) groups is 1. The van der Waals surface area contributed by atoms with Crippen molar-refractivity contribution >= 4 is 39.3 Å². The van der Waals surface area contributed by atoms with Gasteiger partial charge < -0.3 is 10.2 Å². The SMILES string of the molecule is CCSCCS(=O)c1nc2cc(N)ccc2o1. The Bertz CT molecular complexity index is 539. The average Bonchev–Trinajstić information content (AvgIpc) is 2.72. The van der Waals surface area contributed by atoms with E-state index in [1.54, 1.807) is 30.0 Å². The van der Waals surface area contributed by atoms with Crippen molar-refractivity contribution in [3.63, 3.8) is 0 Å². The Kier molecular flexibility index (Phi) is 4.06. The van der Waals surface area contributed by atoms with E-state index < -0.39 is 10.8 Å². The van der Waals surface area contributed by atoms with E-state index in [2.05, 4.69) is 11.9 Å². The van der Waals surface area contributed by atoms with E-state index in [1.807, 2.05) is 0 Å². The molecule has 1 aromatic carbocycles. The fourth-order valence-electron chi connectivity index (χ4n) is 1.39. The van der Waals surface area contributed by atoms with Gasteiger partial charge in [-0.05, 0) is 24.0 Å². The first kappa shape index (κ1) is 12.4. The summed E-state index contributed by atoms with van der Waals surface area (Å²) in [5, 5.41) is 0.294. The van der Waals surface area contributed by atoms with Gasteiger partial charge in [0.2, 0.25) is 0 Å². The van der Waals surface area contributed by atoms with Crippen LogP contribution in [0.5, 0.6) is 0 Å². The summed E-state index contributed by atoms with van der Waals surface area (Å²) in [7, 11) is -1.16. The lowest BCUT2D eigenvalue weighted by Gasteiger charge is -1.95. The molecule has 1 unspecified atom stereocenters. The molecule has 0 aliphatic carbocycles. The van der Waals surface area contributed by atoms with Crippen molar-refractivity contribution < 1.29 is 8.63 Å². The minimum atomic E-state index is -1.16. The minimum absolute atomic E-state index is 0.294. The molecule has 0 spiro atoms. The molecule has 0 saturated carbocycles. The van der Waals surface area contributed by atoms with Crippen LogP contribution in [-0.2, 0) is 10.8 Å². The zero-order chi connectivity index (χ0) is 12.3. The molecule has 1 aromatic heterocycles. The Morgan fingerprint density at radius 2 is 2.35 bits per heavy atom. The van der Waals surface area contributed by atoms with Crippen molar-refractivity contribution in [2.45, 2.75) is 12.1 Å². The molecule has 2 N–H and O–H groups in total. The summed E-state index contributed by atoms with van der Waals surface area (Å²) in [6.07, 6.45) is 0. The number of aromatic nitrogens is 1. The lowest BCUT2D eigenvalue weighted by Crippen LogP contribution is -2.01. The Balaban J connectivity index is 2.15. The van der Waals surface area contributed by atoms with E-state index in [1.165, 1.54) is 0 Å². The van der Waals surface area contributed by atoms with Crippen molar-refractivity contribution in [2.24, 2.45) is 0 Å². The molecule has 0 aliphatic rings. The zero-order valence-corrected chi connectivity index (χ0v) is 11.1. The molecule has 6 heteroatoms. The van der Waals surface area contributed by atoms with E-state index in [9.17, 15) is 4.21 Å². The van der Waals surface area contributed by atoms with Crippen molar-refractivity contribution in [2.75, 3.05) is 23.0 Å². The molecule has 1 heterocycles. The predicted molar refractivity (Wildman–Crippen MR) is 72.7 cm³/mol. The Hall–Kier alpha value is -1.01. The van der Waals surface area contributed by atoms with Crippen LogP contribution in [0, 0.1) is 0 Å². The largest absolute Gasteiger partial charge is 0.430 e. The highest BCUT2D eigenvalue weighted by Crippen LogP contribution is 2.20. The summed E-state index contributed by atoms with van der Waals surface area (Å²) in [6, 6.07) is 5.21. The van der Waals surface area contributed by atoms with Gasteiger partial charge in [0.15, 0.2) is 5.58 Å². The molecule has 4 nitrogen and oxygen atoms in total. The molecule has 0 saturated heterocycles. The van der Waals surface area contributed by atoms with E-state index >= 15 is 0 Å². The summed E-state index contributed by atoms with van der Waals surface area (Å²) in [4.78, 5) is 4.20. The number of hydrogen-bond acceptors (Lipinski definition) is 5. The van der Waals surface area contributed by atoms with Gasteiger partial charge in [0.1, 0.15) is 16.3 Å². The Labute approximate surface area is 106 Å². The van der Waals surface area contributed by atoms with Gasteiger partial charge in [-0.1, -0.05) is 6.92 Å². The van der Waals surface area contributed by atoms with Gasteiger partial charge in [0, 0.05) is 17.2 Å². The fraction of sp³-hybridized carbons (Fsp3) is 0.364. The fourth-order valence-corrected chi connectivity index (χ4v) is 3.31. The molecule has 0 aliphatic heterocycles. The van der Waals surface area contributed by atoms with Gasteiger partial charge in [0.05, 0.1) is 0 Å². The summed E-state index contributed by atoms with van der Waals surface area (Å²) in [5.41, 5.74) is 7.57. The first-order chi connectivity index (χ1) is 8.20. The molecule has 2 rings (SSSR count). The van der Waals surface area contributed by atoms with Gasteiger partial charge in [0.25, 0.3) is 5.22 Å². The zero-order valence-electron chi connectivity index (χ0n) is 9.51. The topological polar surface area (TPSA) is 69.1 Å². The number of anilines is 1. The quantitative estimate of drug-likeness (QED) is 0.666. The highest BCUT2D eigenvalue weighted by atomic mass is 32.2. The Morgan fingerprint density at radius 3 is 3.12 bits per heavy atom. The maximum Gasteiger partial charge on any atom is 0.287 e. The second kappa shape index (κ2) is 5.55. The van der Waals surface area contributed by atoms with Gasteiger partial charge in [-0.15, -0.1) is 0 Å². The number of benzene rings is 1.